The average molecular weight is 386 g/mol. The van der Waals surface area contributed by atoms with Gasteiger partial charge in [-0.05, 0) is 30.4 Å². The summed E-state index contributed by atoms with van der Waals surface area (Å²) in [6.07, 6.45) is 0.209. The lowest BCUT2D eigenvalue weighted by molar-refractivity contribution is -0.144. The molecule has 3 aliphatic carbocycles. The van der Waals surface area contributed by atoms with Crippen LogP contribution >= 0.6 is 0 Å². The molecule has 3 aliphatic rings. The third kappa shape index (κ3) is 2.17. The van der Waals surface area contributed by atoms with Gasteiger partial charge in [0.05, 0.1) is 5.56 Å². The molecule has 0 radical (unpaired) electrons. The zero-order chi connectivity index (χ0) is 20.4. The zero-order valence-electron chi connectivity index (χ0n) is 14.6. The number of fused-ring (bicyclic) bond motifs is 3. The van der Waals surface area contributed by atoms with E-state index in [0.29, 0.717) is 12.0 Å². The SMILES string of the molecule is NNC(=O)C1=C(O)CC2CC3Cc4cccc(O)c4C(=O)C3=C(O)C2(O)C1=O. The van der Waals surface area contributed by atoms with Gasteiger partial charge in [-0.15, -0.1) is 0 Å². The molecule has 1 amide bonds. The number of aliphatic hydroxyl groups excluding tert-OH is 2. The van der Waals surface area contributed by atoms with E-state index >= 15 is 0 Å². The molecule has 1 aromatic rings. The van der Waals surface area contributed by atoms with Crippen molar-refractivity contribution in [1.29, 1.82) is 0 Å². The highest BCUT2D eigenvalue weighted by atomic mass is 16.3. The van der Waals surface area contributed by atoms with Crippen molar-refractivity contribution in [3.8, 4) is 5.75 Å². The van der Waals surface area contributed by atoms with Crippen molar-refractivity contribution in [3.63, 3.8) is 0 Å². The maximum Gasteiger partial charge on any atom is 0.272 e. The molecule has 0 saturated carbocycles. The molecule has 0 aliphatic heterocycles. The van der Waals surface area contributed by atoms with Gasteiger partial charge in [0.25, 0.3) is 5.91 Å². The van der Waals surface area contributed by atoms with Gasteiger partial charge >= 0.3 is 0 Å². The van der Waals surface area contributed by atoms with Gasteiger partial charge in [-0.2, -0.15) is 0 Å². The number of benzene rings is 1. The Kier molecular flexibility index (Phi) is 3.84. The first-order valence-electron chi connectivity index (χ1n) is 8.71. The number of hydrazine groups is 1. The van der Waals surface area contributed by atoms with Gasteiger partial charge in [0.1, 0.15) is 22.8 Å². The summed E-state index contributed by atoms with van der Waals surface area (Å²) in [4.78, 5) is 37.7. The highest BCUT2D eigenvalue weighted by Crippen LogP contribution is 2.51. The molecule has 0 saturated heterocycles. The van der Waals surface area contributed by atoms with Crippen molar-refractivity contribution in [2.75, 3.05) is 0 Å². The number of rotatable bonds is 1. The first-order chi connectivity index (χ1) is 13.2. The fourth-order valence-electron chi connectivity index (χ4n) is 4.61. The van der Waals surface area contributed by atoms with Gasteiger partial charge in [0.15, 0.2) is 11.4 Å². The number of carbonyl (C=O) groups excluding carboxylic acids is 3. The van der Waals surface area contributed by atoms with Crippen LogP contribution in [0.3, 0.4) is 0 Å². The van der Waals surface area contributed by atoms with Crippen LogP contribution in [0.4, 0.5) is 0 Å². The quantitative estimate of drug-likeness (QED) is 0.171. The van der Waals surface area contributed by atoms with E-state index in [1.165, 1.54) is 6.07 Å². The van der Waals surface area contributed by atoms with Gasteiger partial charge in [-0.3, -0.25) is 19.8 Å². The lowest BCUT2D eigenvalue weighted by Crippen LogP contribution is -2.57. The van der Waals surface area contributed by atoms with Crippen molar-refractivity contribution in [3.05, 3.63) is 52.0 Å². The summed E-state index contributed by atoms with van der Waals surface area (Å²) >= 11 is 0. The fourth-order valence-corrected chi connectivity index (χ4v) is 4.61. The number of carbonyl (C=O) groups is 3. The number of nitrogens with one attached hydrogen (secondary N) is 1. The molecule has 3 atom stereocenters. The van der Waals surface area contributed by atoms with Gasteiger partial charge < -0.3 is 20.4 Å². The van der Waals surface area contributed by atoms with E-state index in [2.05, 4.69) is 0 Å². The number of amides is 1. The molecular formula is C19H18N2O7. The highest BCUT2D eigenvalue weighted by molar-refractivity contribution is 6.24. The van der Waals surface area contributed by atoms with Crippen LogP contribution < -0.4 is 11.3 Å². The van der Waals surface area contributed by atoms with Crippen molar-refractivity contribution in [1.82, 2.24) is 5.43 Å². The largest absolute Gasteiger partial charge is 0.511 e. The minimum Gasteiger partial charge on any atom is -0.511 e. The van der Waals surface area contributed by atoms with Crippen molar-refractivity contribution < 1.29 is 34.8 Å². The van der Waals surface area contributed by atoms with E-state index in [-0.39, 0.29) is 29.7 Å². The summed E-state index contributed by atoms with van der Waals surface area (Å²) < 4.78 is 0. The first kappa shape index (κ1) is 18.2. The van der Waals surface area contributed by atoms with Crippen LogP contribution in [0, 0.1) is 11.8 Å². The molecule has 146 valence electrons. The van der Waals surface area contributed by atoms with Gasteiger partial charge in [-0.25, -0.2) is 5.84 Å². The van der Waals surface area contributed by atoms with Gasteiger partial charge in [0.2, 0.25) is 5.78 Å². The van der Waals surface area contributed by atoms with Crippen LogP contribution in [0.2, 0.25) is 0 Å². The van der Waals surface area contributed by atoms with Gasteiger partial charge in [-0.1, -0.05) is 12.1 Å². The van der Waals surface area contributed by atoms with Crippen LogP contribution in [-0.4, -0.2) is 43.5 Å². The average Bonchev–Trinajstić information content (AvgIpc) is 2.64. The number of hydrogen-bond acceptors (Lipinski definition) is 8. The molecule has 0 spiro atoms. The van der Waals surface area contributed by atoms with E-state index < -0.39 is 52.0 Å². The van der Waals surface area contributed by atoms with E-state index in [1.807, 2.05) is 0 Å². The topological polar surface area (TPSA) is 170 Å². The second-order valence-electron chi connectivity index (χ2n) is 7.33. The molecular weight excluding hydrogens is 368 g/mol. The molecule has 4 rings (SSSR count). The predicted molar refractivity (Wildman–Crippen MR) is 94.0 cm³/mol. The summed E-state index contributed by atoms with van der Waals surface area (Å²) in [7, 11) is 0. The van der Waals surface area contributed by atoms with E-state index in [0.717, 1.165) is 0 Å². The second-order valence-corrected chi connectivity index (χ2v) is 7.33. The number of allylic oxidation sites excluding steroid dienone is 2. The Morgan fingerprint density at radius 1 is 1.18 bits per heavy atom. The van der Waals surface area contributed by atoms with E-state index in [1.54, 1.807) is 17.6 Å². The molecule has 28 heavy (non-hydrogen) atoms. The molecule has 1 aromatic carbocycles. The Morgan fingerprint density at radius 3 is 2.57 bits per heavy atom. The Morgan fingerprint density at radius 2 is 1.89 bits per heavy atom. The van der Waals surface area contributed by atoms with Crippen LogP contribution in [-0.2, 0) is 16.0 Å². The standard InChI is InChI=1S/C19H18N2O7/c20-21-18(27)14-11(23)6-9-5-8-4-7-2-1-3-10(22)12(7)15(24)13(8)16(25)19(9,28)17(14)26/h1-3,8-9,22-23,25,28H,4-6,20H2,(H,21,27). The lowest BCUT2D eigenvalue weighted by Gasteiger charge is -2.45. The molecule has 0 bridgehead atoms. The van der Waals surface area contributed by atoms with Crippen LogP contribution in [0.15, 0.2) is 40.9 Å². The van der Waals surface area contributed by atoms with Crippen LogP contribution in [0.1, 0.15) is 28.8 Å². The maximum atomic E-state index is 13.0. The smallest absolute Gasteiger partial charge is 0.272 e. The Bertz CT molecular complexity index is 1010. The molecule has 0 aromatic heterocycles. The molecule has 0 heterocycles. The normalized spacial score (nSPS) is 29.2. The number of phenols is 1. The number of aliphatic hydroxyl groups is 3. The lowest BCUT2D eigenvalue weighted by atomic mass is 9.60. The predicted octanol–water partition coefficient (Wildman–Crippen LogP) is 0.0851. The summed E-state index contributed by atoms with van der Waals surface area (Å²) in [5.41, 5.74) is -1.10. The number of hydrogen-bond donors (Lipinski definition) is 6. The Hall–Kier alpha value is -3.17. The van der Waals surface area contributed by atoms with Crippen LogP contribution in [0.25, 0.3) is 0 Å². The summed E-state index contributed by atoms with van der Waals surface area (Å²) in [6.45, 7) is 0. The second kappa shape index (κ2) is 5.91. The van der Waals surface area contributed by atoms with Gasteiger partial charge in [0, 0.05) is 17.9 Å². The number of ketones is 2. The fraction of sp³-hybridized carbons (Fsp3) is 0.316. The van der Waals surface area contributed by atoms with Crippen LogP contribution in [0.5, 0.6) is 5.75 Å². The van der Waals surface area contributed by atoms with Crippen molar-refractivity contribution in [2.45, 2.75) is 24.9 Å². The summed E-state index contributed by atoms with van der Waals surface area (Å²) in [6, 6.07) is 4.63. The highest BCUT2D eigenvalue weighted by Gasteiger charge is 2.59. The van der Waals surface area contributed by atoms with E-state index in [4.69, 9.17) is 5.84 Å². The molecule has 9 heteroatoms. The minimum atomic E-state index is -2.53. The van der Waals surface area contributed by atoms with Crippen molar-refractivity contribution >= 4 is 17.5 Å². The van der Waals surface area contributed by atoms with Crippen molar-refractivity contribution in [2.24, 2.45) is 17.7 Å². The minimum absolute atomic E-state index is 0.0175. The molecule has 7 N–H and O–H groups in total. The molecule has 0 fully saturated rings. The summed E-state index contributed by atoms with van der Waals surface area (Å²) in [5.74, 6) is -1.01. The first-order valence-corrected chi connectivity index (χ1v) is 8.71. The Labute approximate surface area is 158 Å². The molecule has 3 unspecified atom stereocenters. The number of aromatic hydroxyl groups is 1. The Balaban J connectivity index is 1.89. The number of nitrogens with two attached hydrogens (primary N) is 1. The number of Topliss-reactive ketones (excluding diaryl/α,β-unsaturated/α-hetero) is 2. The van der Waals surface area contributed by atoms with E-state index in [9.17, 15) is 34.8 Å². The molecule has 9 nitrogen and oxygen atoms in total. The maximum absolute atomic E-state index is 13.0. The summed E-state index contributed by atoms with van der Waals surface area (Å²) in [5, 5.41) is 42.1. The monoisotopic (exact) mass is 386 g/mol. The third-order valence-corrected chi connectivity index (χ3v) is 5.91. The number of phenolic OH excluding ortho intramolecular Hbond substituents is 1. The zero-order valence-corrected chi connectivity index (χ0v) is 14.6. The third-order valence-electron chi connectivity index (χ3n) is 5.91.